The van der Waals surface area contributed by atoms with Gasteiger partial charge in [0.15, 0.2) is 5.69 Å². The van der Waals surface area contributed by atoms with Crippen molar-refractivity contribution in [2.75, 3.05) is 11.2 Å². The summed E-state index contributed by atoms with van der Waals surface area (Å²) in [6.07, 6.45) is 2.37. The van der Waals surface area contributed by atoms with Crippen molar-refractivity contribution in [3.8, 4) is 17.1 Å². The monoisotopic (exact) mass is 442 g/mol. The second kappa shape index (κ2) is 8.59. The van der Waals surface area contributed by atoms with E-state index >= 15 is 0 Å². The standard InChI is InChI=1S/C25H22N4O2S/c1-3-8-21(30)29-20-12-7-6-11-19(20)22-23(26-25(32-2)28-27-22)31-24(29)18-14-13-16-9-4-5-10-17(16)15-18/h4-7,9-15,24H,3,8H2,1-2H3/t24-/m0/s1. The van der Waals surface area contributed by atoms with Gasteiger partial charge in [-0.05, 0) is 35.6 Å². The van der Waals surface area contributed by atoms with E-state index in [9.17, 15) is 4.79 Å². The van der Waals surface area contributed by atoms with Gasteiger partial charge in [-0.2, -0.15) is 4.98 Å². The van der Waals surface area contributed by atoms with Gasteiger partial charge in [0, 0.05) is 17.5 Å². The number of hydrogen-bond acceptors (Lipinski definition) is 6. The van der Waals surface area contributed by atoms with E-state index in [1.165, 1.54) is 11.8 Å². The zero-order valence-corrected chi connectivity index (χ0v) is 18.7. The number of thioether (sulfide) groups is 1. The molecular formula is C25H22N4O2S. The minimum atomic E-state index is -0.674. The predicted molar refractivity (Wildman–Crippen MR) is 127 cm³/mol. The molecule has 0 saturated carbocycles. The Morgan fingerprint density at radius 1 is 1.03 bits per heavy atom. The quantitative estimate of drug-likeness (QED) is 0.381. The van der Waals surface area contributed by atoms with Gasteiger partial charge in [-0.1, -0.05) is 73.3 Å². The van der Waals surface area contributed by atoms with E-state index in [2.05, 4.69) is 39.4 Å². The average Bonchev–Trinajstić information content (AvgIpc) is 2.98. The summed E-state index contributed by atoms with van der Waals surface area (Å²) < 4.78 is 6.48. The number of hydrogen-bond donors (Lipinski definition) is 0. The van der Waals surface area contributed by atoms with Crippen LogP contribution in [-0.4, -0.2) is 27.3 Å². The van der Waals surface area contributed by atoms with Crippen molar-refractivity contribution in [3.63, 3.8) is 0 Å². The second-order valence-electron chi connectivity index (χ2n) is 7.56. The lowest BCUT2D eigenvalue weighted by molar-refractivity contribution is -0.120. The van der Waals surface area contributed by atoms with Crippen LogP contribution in [0.2, 0.25) is 0 Å². The fraction of sp³-hybridized carbons (Fsp3) is 0.200. The Bertz CT molecular complexity index is 1310. The first kappa shape index (κ1) is 20.5. The highest BCUT2D eigenvalue weighted by Gasteiger charge is 2.35. The normalized spacial score (nSPS) is 14.9. The van der Waals surface area contributed by atoms with E-state index in [0.717, 1.165) is 34.0 Å². The molecule has 0 radical (unpaired) electrons. The van der Waals surface area contributed by atoms with E-state index in [1.807, 2.05) is 55.6 Å². The molecule has 1 atom stereocenters. The van der Waals surface area contributed by atoms with Gasteiger partial charge in [0.1, 0.15) is 0 Å². The summed E-state index contributed by atoms with van der Waals surface area (Å²) in [5.74, 6) is 0.366. The Balaban J connectivity index is 1.74. The Morgan fingerprint density at radius 2 is 1.81 bits per heavy atom. The highest BCUT2D eigenvalue weighted by Crippen LogP contribution is 2.43. The van der Waals surface area contributed by atoms with Crippen molar-refractivity contribution < 1.29 is 9.53 Å². The lowest BCUT2D eigenvalue weighted by Crippen LogP contribution is -2.37. The summed E-state index contributed by atoms with van der Waals surface area (Å²) in [4.78, 5) is 19.8. The molecule has 7 heteroatoms. The SMILES string of the molecule is CCCC(=O)N1c2ccccc2-c2nnc(SC)nc2O[C@H]1c1ccc2ccccc2c1. The third-order valence-electron chi connectivity index (χ3n) is 5.49. The predicted octanol–water partition coefficient (Wildman–Crippen LogP) is 5.64. The van der Waals surface area contributed by atoms with Crippen molar-refractivity contribution in [1.29, 1.82) is 0 Å². The molecule has 1 amide bonds. The van der Waals surface area contributed by atoms with Gasteiger partial charge in [0.25, 0.3) is 0 Å². The molecule has 1 aliphatic rings. The fourth-order valence-corrected chi connectivity index (χ4v) is 4.28. The molecule has 0 spiro atoms. The molecule has 1 aliphatic heterocycles. The summed E-state index contributed by atoms with van der Waals surface area (Å²) in [6, 6.07) is 22.0. The number of nitrogens with zero attached hydrogens (tertiary/aromatic N) is 4. The third-order valence-corrected chi connectivity index (χ3v) is 6.02. The van der Waals surface area contributed by atoms with E-state index in [-0.39, 0.29) is 5.91 Å². The maximum atomic E-state index is 13.4. The minimum absolute atomic E-state index is 0.0102. The molecular weight excluding hydrogens is 420 g/mol. The number of fused-ring (bicyclic) bond motifs is 4. The van der Waals surface area contributed by atoms with E-state index in [4.69, 9.17) is 4.74 Å². The highest BCUT2D eigenvalue weighted by atomic mass is 32.2. The van der Waals surface area contributed by atoms with Crippen molar-refractivity contribution in [2.24, 2.45) is 0 Å². The summed E-state index contributed by atoms with van der Waals surface area (Å²) in [7, 11) is 0. The first-order valence-electron chi connectivity index (χ1n) is 10.5. The number of para-hydroxylation sites is 1. The zero-order valence-electron chi connectivity index (χ0n) is 17.9. The maximum absolute atomic E-state index is 13.4. The summed E-state index contributed by atoms with van der Waals surface area (Å²) in [6.45, 7) is 2.00. The van der Waals surface area contributed by atoms with Gasteiger partial charge in [-0.25, -0.2) is 0 Å². The first-order chi connectivity index (χ1) is 15.7. The lowest BCUT2D eigenvalue weighted by Gasteiger charge is -2.31. The van der Waals surface area contributed by atoms with Crippen molar-refractivity contribution in [3.05, 3.63) is 72.3 Å². The molecule has 5 rings (SSSR count). The number of aromatic nitrogens is 3. The second-order valence-corrected chi connectivity index (χ2v) is 8.33. The molecule has 4 aromatic rings. The highest BCUT2D eigenvalue weighted by molar-refractivity contribution is 7.98. The zero-order chi connectivity index (χ0) is 22.1. The van der Waals surface area contributed by atoms with Gasteiger partial charge < -0.3 is 4.74 Å². The molecule has 6 nitrogen and oxygen atoms in total. The molecule has 32 heavy (non-hydrogen) atoms. The number of benzene rings is 3. The third kappa shape index (κ3) is 3.58. The number of amides is 1. The Kier molecular flexibility index (Phi) is 5.49. The van der Waals surface area contributed by atoms with Crippen LogP contribution in [0.5, 0.6) is 5.88 Å². The number of rotatable bonds is 4. The number of ether oxygens (including phenoxy) is 1. The smallest absolute Gasteiger partial charge is 0.247 e. The lowest BCUT2D eigenvalue weighted by atomic mass is 10.0. The molecule has 3 aromatic carbocycles. The van der Waals surface area contributed by atoms with Crippen LogP contribution in [0.15, 0.2) is 71.9 Å². The summed E-state index contributed by atoms with van der Waals surface area (Å²) in [5.41, 5.74) is 2.94. The Morgan fingerprint density at radius 3 is 2.62 bits per heavy atom. The maximum Gasteiger partial charge on any atom is 0.247 e. The largest absolute Gasteiger partial charge is 0.447 e. The molecule has 160 valence electrons. The van der Waals surface area contributed by atoms with Gasteiger partial charge in [0.05, 0.1) is 5.69 Å². The molecule has 0 fully saturated rings. The van der Waals surface area contributed by atoms with Gasteiger partial charge >= 0.3 is 0 Å². The van der Waals surface area contributed by atoms with Crippen LogP contribution in [0.25, 0.3) is 22.0 Å². The number of carbonyl (C=O) groups excluding carboxylic acids is 1. The minimum Gasteiger partial charge on any atom is -0.447 e. The molecule has 0 bridgehead atoms. The molecule has 0 saturated heterocycles. The van der Waals surface area contributed by atoms with Crippen LogP contribution in [0.3, 0.4) is 0 Å². The molecule has 0 N–H and O–H groups in total. The van der Waals surface area contributed by atoms with Crippen LogP contribution in [0, 0.1) is 0 Å². The topological polar surface area (TPSA) is 68.2 Å². The van der Waals surface area contributed by atoms with Crippen LogP contribution in [-0.2, 0) is 4.79 Å². The molecule has 2 heterocycles. The van der Waals surface area contributed by atoms with E-state index in [1.54, 1.807) is 4.90 Å². The first-order valence-corrected chi connectivity index (χ1v) is 11.8. The number of carbonyl (C=O) groups is 1. The number of anilines is 1. The molecule has 0 unspecified atom stereocenters. The average molecular weight is 443 g/mol. The van der Waals surface area contributed by atoms with Crippen LogP contribution in [0.4, 0.5) is 5.69 Å². The molecule has 1 aromatic heterocycles. The van der Waals surface area contributed by atoms with Crippen LogP contribution < -0.4 is 9.64 Å². The van der Waals surface area contributed by atoms with Crippen LogP contribution >= 0.6 is 11.8 Å². The van der Waals surface area contributed by atoms with Gasteiger partial charge in [-0.15, -0.1) is 10.2 Å². The van der Waals surface area contributed by atoms with Gasteiger partial charge in [0.2, 0.25) is 23.2 Å². The van der Waals surface area contributed by atoms with Crippen molar-refractivity contribution >= 4 is 34.1 Å². The Labute approximate surface area is 190 Å². The van der Waals surface area contributed by atoms with Crippen molar-refractivity contribution in [2.45, 2.75) is 31.1 Å². The van der Waals surface area contributed by atoms with Crippen LogP contribution in [0.1, 0.15) is 31.6 Å². The summed E-state index contributed by atoms with van der Waals surface area (Å²) >= 11 is 1.40. The van der Waals surface area contributed by atoms with E-state index < -0.39 is 6.23 Å². The fourth-order valence-electron chi connectivity index (χ4n) is 3.98. The van der Waals surface area contributed by atoms with Crippen molar-refractivity contribution in [1.82, 2.24) is 15.2 Å². The summed E-state index contributed by atoms with van der Waals surface area (Å²) in [5, 5.41) is 11.4. The van der Waals surface area contributed by atoms with Gasteiger partial charge in [-0.3, -0.25) is 9.69 Å². The molecule has 0 aliphatic carbocycles. The van der Waals surface area contributed by atoms with E-state index in [0.29, 0.717) is 23.2 Å². The Hall–Kier alpha value is -3.45.